The van der Waals surface area contributed by atoms with E-state index in [9.17, 15) is 10.2 Å². The van der Waals surface area contributed by atoms with Crippen molar-refractivity contribution in [2.75, 3.05) is 0 Å². The van der Waals surface area contributed by atoms with Gasteiger partial charge in [0.05, 0.1) is 17.6 Å². The van der Waals surface area contributed by atoms with Crippen LogP contribution in [0.2, 0.25) is 0 Å². The van der Waals surface area contributed by atoms with Gasteiger partial charge in [-0.15, -0.1) is 11.5 Å². The summed E-state index contributed by atoms with van der Waals surface area (Å²) >= 11 is 0. The second-order valence-corrected chi connectivity index (χ2v) is 13.1. The van der Waals surface area contributed by atoms with E-state index in [1.807, 2.05) is 66.0 Å². The summed E-state index contributed by atoms with van der Waals surface area (Å²) in [5.74, 6) is -0.116. The first-order chi connectivity index (χ1) is 18.2. The van der Waals surface area contributed by atoms with Gasteiger partial charge in [0.25, 0.3) is 0 Å². The van der Waals surface area contributed by atoms with E-state index < -0.39 is 0 Å². The van der Waals surface area contributed by atoms with Crippen LogP contribution in [0.1, 0.15) is 119 Å². The predicted molar refractivity (Wildman–Crippen MR) is 161 cm³/mol. The second-order valence-electron chi connectivity index (χ2n) is 13.1. The van der Waals surface area contributed by atoms with Gasteiger partial charge in [-0.3, -0.25) is 9.98 Å². The van der Waals surface area contributed by atoms with Crippen molar-refractivity contribution in [1.29, 1.82) is 0 Å². The Morgan fingerprint density at radius 2 is 1.43 bits per heavy atom. The summed E-state index contributed by atoms with van der Waals surface area (Å²) in [5.41, 5.74) is 7.65. The van der Waals surface area contributed by atoms with Crippen LogP contribution in [0.3, 0.4) is 0 Å². The fourth-order valence-corrected chi connectivity index (χ4v) is 5.69. The Labute approximate surface area is 252 Å². The standard InChI is InChI=1S/C20H32O2.C15H16N2.Ni/c1-19(2,3)15-12-14(13-10-8-7-9-11-13)16(20(4,5)6)18(22)17(15)21;1-11-8-12(2)15(13(3)9-11)17-10-14-6-4-5-7-16-14;/h12-13,21-22H,7-11H2,1-6H3;4-10H,1-3H3;/q;;+2/p-2. The number of aryl methyl sites for hydroxylation is 3. The SMILES string of the molecule is CC(C)(C)c1cc(C2CCCCC2)c(C(C)(C)C)c([O-])c1[O-].Cc1cc(C)c(N=Cc2ccccn2)c(C)c1.[Ni+2]. The smallest absolute Gasteiger partial charge is 0.873 e. The molecule has 1 aliphatic carbocycles. The molecule has 0 amide bonds. The van der Waals surface area contributed by atoms with E-state index in [0.717, 1.165) is 35.3 Å². The summed E-state index contributed by atoms with van der Waals surface area (Å²) in [4.78, 5) is 8.75. The van der Waals surface area contributed by atoms with Gasteiger partial charge in [0.2, 0.25) is 0 Å². The minimum absolute atomic E-state index is 0. The van der Waals surface area contributed by atoms with E-state index in [1.54, 1.807) is 6.20 Å². The zero-order chi connectivity index (χ0) is 29.0. The van der Waals surface area contributed by atoms with Gasteiger partial charge in [0.15, 0.2) is 0 Å². The van der Waals surface area contributed by atoms with Gasteiger partial charge in [-0.2, -0.15) is 0 Å². The van der Waals surface area contributed by atoms with E-state index in [0.29, 0.717) is 11.5 Å². The van der Waals surface area contributed by atoms with Gasteiger partial charge < -0.3 is 10.2 Å². The van der Waals surface area contributed by atoms with Crippen molar-refractivity contribution in [3.63, 3.8) is 0 Å². The summed E-state index contributed by atoms with van der Waals surface area (Å²) in [6.07, 6.45) is 9.62. The van der Waals surface area contributed by atoms with Crippen molar-refractivity contribution in [3.05, 3.63) is 81.7 Å². The number of aliphatic imine (C=N–C) groups is 1. The van der Waals surface area contributed by atoms with Crippen LogP contribution in [0.5, 0.6) is 11.5 Å². The third-order valence-corrected chi connectivity index (χ3v) is 7.52. The molecule has 0 atom stereocenters. The third kappa shape index (κ3) is 8.43. The van der Waals surface area contributed by atoms with E-state index in [-0.39, 0.29) is 38.8 Å². The predicted octanol–water partition coefficient (Wildman–Crippen LogP) is 8.23. The maximum Gasteiger partial charge on any atom is 2.00 e. The van der Waals surface area contributed by atoms with Crippen LogP contribution >= 0.6 is 0 Å². The Hall–Kier alpha value is -2.65. The van der Waals surface area contributed by atoms with Crippen LogP contribution in [0.25, 0.3) is 0 Å². The Kier molecular flexibility index (Phi) is 11.6. The molecule has 1 heterocycles. The molecule has 0 bridgehead atoms. The number of rotatable bonds is 3. The molecule has 4 rings (SSSR count). The second kappa shape index (κ2) is 13.8. The van der Waals surface area contributed by atoms with Crippen LogP contribution in [0.15, 0.2) is 47.6 Å². The molecule has 0 aliphatic heterocycles. The van der Waals surface area contributed by atoms with Crippen LogP contribution in [0, 0.1) is 20.8 Å². The fourth-order valence-electron chi connectivity index (χ4n) is 5.69. The van der Waals surface area contributed by atoms with Crippen molar-refractivity contribution >= 4 is 11.9 Å². The molecule has 0 saturated heterocycles. The summed E-state index contributed by atoms with van der Waals surface area (Å²) in [7, 11) is 0. The number of nitrogens with zero attached hydrogens (tertiary/aromatic N) is 2. The molecule has 4 nitrogen and oxygen atoms in total. The normalized spacial score (nSPS) is 14.4. The number of benzene rings is 2. The van der Waals surface area contributed by atoms with Gasteiger partial charge in [-0.05, 0) is 84.7 Å². The summed E-state index contributed by atoms with van der Waals surface area (Å²) < 4.78 is 0. The summed E-state index contributed by atoms with van der Waals surface area (Å²) in [5, 5.41) is 25.4. The van der Waals surface area contributed by atoms with Gasteiger partial charge in [0, 0.05) is 6.20 Å². The van der Waals surface area contributed by atoms with Crippen molar-refractivity contribution in [1.82, 2.24) is 4.98 Å². The topological polar surface area (TPSA) is 71.4 Å². The molecule has 2 aromatic carbocycles. The molecule has 1 saturated carbocycles. The van der Waals surface area contributed by atoms with Crippen LogP contribution in [-0.2, 0) is 27.3 Å². The molecule has 0 N–H and O–H groups in total. The number of hydrogen-bond donors (Lipinski definition) is 0. The molecule has 1 fully saturated rings. The first-order valence-corrected chi connectivity index (χ1v) is 14.3. The van der Waals surface area contributed by atoms with Crippen LogP contribution in [0.4, 0.5) is 5.69 Å². The molecule has 0 radical (unpaired) electrons. The first-order valence-electron chi connectivity index (χ1n) is 14.3. The zero-order valence-corrected chi connectivity index (χ0v) is 26.7. The van der Waals surface area contributed by atoms with Gasteiger partial charge in [-0.1, -0.05) is 96.2 Å². The van der Waals surface area contributed by atoms with E-state index in [4.69, 9.17) is 0 Å². The zero-order valence-electron chi connectivity index (χ0n) is 25.8. The molecular weight excluding hydrogens is 539 g/mol. The number of hydrogen-bond acceptors (Lipinski definition) is 4. The molecule has 5 heteroatoms. The van der Waals surface area contributed by atoms with E-state index in [2.05, 4.69) is 48.9 Å². The maximum atomic E-state index is 12.8. The molecular formula is C35H46N2NiO2. The molecule has 218 valence electrons. The monoisotopic (exact) mass is 584 g/mol. The fraction of sp³-hybridized carbons (Fsp3) is 0.486. The third-order valence-electron chi connectivity index (χ3n) is 7.52. The van der Waals surface area contributed by atoms with Crippen molar-refractivity contribution in [2.24, 2.45) is 4.99 Å². The van der Waals surface area contributed by atoms with Crippen molar-refractivity contribution < 1.29 is 26.7 Å². The largest absolute Gasteiger partial charge is 2.00 e. The summed E-state index contributed by atoms with van der Waals surface area (Å²) in [6, 6.07) is 12.2. The molecule has 0 spiro atoms. The van der Waals surface area contributed by atoms with Crippen LogP contribution < -0.4 is 10.2 Å². The minimum atomic E-state index is -0.294. The first kappa shape index (κ1) is 33.6. The average molecular weight is 585 g/mol. The molecule has 1 aliphatic rings. The molecule has 0 unspecified atom stereocenters. The minimum Gasteiger partial charge on any atom is -0.873 e. The Bertz CT molecular complexity index is 1270. The van der Waals surface area contributed by atoms with Crippen molar-refractivity contribution in [3.8, 4) is 11.5 Å². The molecule has 1 aromatic heterocycles. The quantitative estimate of drug-likeness (QED) is 0.230. The average Bonchev–Trinajstić information content (AvgIpc) is 2.85. The van der Waals surface area contributed by atoms with Crippen LogP contribution in [-0.4, -0.2) is 11.2 Å². The van der Waals surface area contributed by atoms with Gasteiger partial charge in [-0.25, -0.2) is 0 Å². The summed E-state index contributed by atoms with van der Waals surface area (Å²) in [6.45, 7) is 18.5. The molecule has 40 heavy (non-hydrogen) atoms. The number of pyridine rings is 1. The number of aromatic nitrogens is 1. The van der Waals surface area contributed by atoms with Gasteiger partial charge >= 0.3 is 16.5 Å². The maximum absolute atomic E-state index is 12.8. The van der Waals surface area contributed by atoms with Crippen molar-refractivity contribution in [2.45, 2.75) is 111 Å². The van der Waals surface area contributed by atoms with E-state index in [1.165, 1.54) is 36.0 Å². The Morgan fingerprint density at radius 1 is 0.825 bits per heavy atom. The van der Waals surface area contributed by atoms with E-state index >= 15 is 0 Å². The molecule has 3 aromatic rings. The van der Waals surface area contributed by atoms with Gasteiger partial charge in [0.1, 0.15) is 0 Å². The Morgan fingerprint density at radius 3 is 1.93 bits per heavy atom. The Balaban J connectivity index is 0.000000282.